The number of amides is 1. The Hall–Kier alpha value is -3.46. The summed E-state index contributed by atoms with van der Waals surface area (Å²) in [5, 5.41) is 13.1. The van der Waals surface area contributed by atoms with Crippen LogP contribution in [0, 0.1) is 11.7 Å². The minimum absolute atomic E-state index is 0. The molecule has 4 aromatic rings. The molecule has 10 heteroatoms. The van der Waals surface area contributed by atoms with Crippen molar-refractivity contribution in [2.24, 2.45) is 5.92 Å². The van der Waals surface area contributed by atoms with Crippen molar-refractivity contribution in [2.75, 3.05) is 11.9 Å². The van der Waals surface area contributed by atoms with Gasteiger partial charge >= 0.3 is 5.97 Å². The zero-order chi connectivity index (χ0) is 27.5. The van der Waals surface area contributed by atoms with Gasteiger partial charge in [-0.2, -0.15) is 0 Å². The summed E-state index contributed by atoms with van der Waals surface area (Å²) in [5.41, 5.74) is 2.11. The Morgan fingerprint density at radius 3 is 2.71 bits per heavy atom. The van der Waals surface area contributed by atoms with Crippen LogP contribution < -0.4 is 5.32 Å². The molecule has 8 rings (SSSR count). The Bertz CT molecular complexity index is 1790. The summed E-state index contributed by atoms with van der Waals surface area (Å²) >= 11 is 12.7. The summed E-state index contributed by atoms with van der Waals surface area (Å²) in [6, 6.07) is 15.2. The van der Waals surface area contributed by atoms with Gasteiger partial charge < -0.3 is 15.0 Å². The third-order valence-corrected chi connectivity index (χ3v) is 9.75. The van der Waals surface area contributed by atoms with Crippen LogP contribution in [0.2, 0.25) is 10.0 Å². The minimum atomic E-state index is -1.20. The highest BCUT2D eigenvalue weighted by atomic mass is 35.5. The van der Waals surface area contributed by atoms with Crippen molar-refractivity contribution in [3.63, 3.8) is 0 Å². The van der Waals surface area contributed by atoms with Crippen molar-refractivity contribution in [3.05, 3.63) is 93.0 Å². The lowest BCUT2D eigenvalue weighted by Crippen LogP contribution is -2.53. The number of benzene rings is 3. The number of nitrogens with zero attached hydrogens (tertiary/aromatic N) is 3. The van der Waals surface area contributed by atoms with E-state index in [1.165, 1.54) is 6.07 Å². The number of carbonyl (C=O) groups is 2. The molecule has 1 spiro atoms. The molecule has 2 N–H and O–H groups in total. The maximum atomic E-state index is 16.0. The number of likely N-dealkylation sites (tertiary alicyclic amines) is 1. The van der Waals surface area contributed by atoms with E-state index < -0.39 is 23.2 Å². The molecule has 41 heavy (non-hydrogen) atoms. The maximum absolute atomic E-state index is 16.0. The molecule has 3 aromatic carbocycles. The number of hydrogen-bond donors (Lipinski definition) is 2. The fraction of sp³-hybridized carbons (Fsp3) is 0.323. The standard InChI is InChI=1S/C30H23Cl2FN4O3.CH4/c31-16-7-8-18-20(11-16)35-29(40)30(18)25(17-2-1-3-19(32)26(17)33)24-23(37(30)12-14-4-5-14)13-36-22-9-6-15(28(38)39)10-21(22)34-27(24)36;/h1-3,6-11,14,23-25H,4-5,12-13H2,(H,35,40)(H,38,39);1H4/t23-,24+,25-,30+;/m1./s1. The summed E-state index contributed by atoms with van der Waals surface area (Å²) < 4.78 is 18.1. The van der Waals surface area contributed by atoms with Crippen LogP contribution in [0.15, 0.2) is 54.6 Å². The molecule has 1 aromatic heterocycles. The fourth-order valence-corrected chi connectivity index (χ4v) is 7.84. The Labute approximate surface area is 245 Å². The van der Waals surface area contributed by atoms with E-state index >= 15 is 4.39 Å². The number of carbonyl (C=O) groups excluding carboxylic acids is 1. The summed E-state index contributed by atoms with van der Waals surface area (Å²) in [5.74, 6) is -1.60. The van der Waals surface area contributed by atoms with Crippen molar-refractivity contribution in [3.8, 4) is 0 Å². The molecule has 1 saturated heterocycles. The lowest BCUT2D eigenvalue weighted by molar-refractivity contribution is -0.128. The number of hydrogen-bond acceptors (Lipinski definition) is 4. The second-order valence-corrected chi connectivity index (χ2v) is 12.2. The van der Waals surface area contributed by atoms with E-state index in [9.17, 15) is 14.7 Å². The molecule has 1 saturated carbocycles. The van der Waals surface area contributed by atoms with Gasteiger partial charge in [0.05, 0.1) is 21.6 Å². The quantitative estimate of drug-likeness (QED) is 0.277. The van der Waals surface area contributed by atoms with Crippen LogP contribution in [0.5, 0.6) is 0 Å². The van der Waals surface area contributed by atoms with E-state index in [0.29, 0.717) is 40.8 Å². The number of carboxylic acid groups (broad SMARTS) is 1. The third kappa shape index (κ3) is 3.50. The summed E-state index contributed by atoms with van der Waals surface area (Å²) in [6.07, 6.45) is 2.17. The molecule has 0 radical (unpaired) electrons. The van der Waals surface area contributed by atoms with E-state index in [2.05, 4.69) is 14.8 Å². The third-order valence-electron chi connectivity index (χ3n) is 9.22. The van der Waals surface area contributed by atoms with Gasteiger partial charge in [-0.05, 0) is 60.7 Å². The SMILES string of the molecule is C.O=C(O)c1ccc2c(c1)nc1n2C[C@@H]2[C@H]1[C@@H](c1cccc(Cl)c1F)[C@@]1(C(=O)Nc3cc(Cl)ccc31)N2CC1CC1. The first-order valence-electron chi connectivity index (χ1n) is 13.3. The van der Waals surface area contributed by atoms with E-state index in [1.54, 1.807) is 42.5 Å². The number of fused-ring (bicyclic) bond motifs is 7. The van der Waals surface area contributed by atoms with Crippen LogP contribution in [-0.4, -0.2) is 44.0 Å². The number of carboxylic acids is 1. The molecule has 3 aliphatic heterocycles. The topological polar surface area (TPSA) is 87.5 Å². The number of nitrogens with one attached hydrogen (secondary N) is 1. The average molecular weight is 593 g/mol. The van der Waals surface area contributed by atoms with Gasteiger partial charge in [0.25, 0.3) is 0 Å². The Morgan fingerprint density at radius 2 is 1.95 bits per heavy atom. The molecule has 4 atom stereocenters. The molecule has 2 fully saturated rings. The predicted molar refractivity (Wildman–Crippen MR) is 155 cm³/mol. The summed E-state index contributed by atoms with van der Waals surface area (Å²) in [7, 11) is 0. The predicted octanol–water partition coefficient (Wildman–Crippen LogP) is 6.64. The Kier molecular flexibility index (Phi) is 5.82. The molecule has 7 nitrogen and oxygen atoms in total. The molecule has 1 amide bonds. The van der Waals surface area contributed by atoms with Crippen LogP contribution in [0.4, 0.5) is 10.1 Å². The lowest BCUT2D eigenvalue weighted by atomic mass is 9.71. The summed E-state index contributed by atoms with van der Waals surface area (Å²) in [6.45, 7) is 1.24. The fourth-order valence-electron chi connectivity index (χ4n) is 7.49. The van der Waals surface area contributed by atoms with E-state index in [1.807, 2.05) is 6.07 Å². The van der Waals surface area contributed by atoms with Gasteiger partial charge in [-0.25, -0.2) is 14.2 Å². The van der Waals surface area contributed by atoms with Gasteiger partial charge in [-0.1, -0.05) is 48.8 Å². The second kappa shape index (κ2) is 9.02. The Morgan fingerprint density at radius 1 is 1.15 bits per heavy atom. The normalized spacial score (nSPS) is 26.1. The molecule has 0 bridgehead atoms. The largest absolute Gasteiger partial charge is 0.478 e. The Balaban J connectivity index is 0.00000276. The highest BCUT2D eigenvalue weighted by molar-refractivity contribution is 6.31. The van der Waals surface area contributed by atoms with Crippen molar-refractivity contribution in [2.45, 2.75) is 50.2 Å². The first-order valence-corrected chi connectivity index (χ1v) is 14.1. The zero-order valence-corrected chi connectivity index (χ0v) is 22.6. The van der Waals surface area contributed by atoms with Crippen molar-refractivity contribution >= 4 is 51.8 Å². The van der Waals surface area contributed by atoms with Crippen molar-refractivity contribution in [1.82, 2.24) is 14.5 Å². The molecule has 210 valence electrons. The smallest absolute Gasteiger partial charge is 0.335 e. The maximum Gasteiger partial charge on any atom is 0.335 e. The second-order valence-electron chi connectivity index (χ2n) is 11.3. The van der Waals surface area contributed by atoms with Crippen molar-refractivity contribution < 1.29 is 19.1 Å². The van der Waals surface area contributed by atoms with Gasteiger partial charge in [0, 0.05) is 47.2 Å². The van der Waals surface area contributed by atoms with E-state index in [0.717, 1.165) is 29.7 Å². The van der Waals surface area contributed by atoms with Crippen LogP contribution in [0.1, 0.15) is 59.4 Å². The van der Waals surface area contributed by atoms with E-state index in [-0.39, 0.29) is 35.9 Å². The minimum Gasteiger partial charge on any atom is -0.478 e. The van der Waals surface area contributed by atoms with Crippen LogP contribution in [0.25, 0.3) is 11.0 Å². The molecular formula is C31H27Cl2FN4O3. The zero-order valence-electron chi connectivity index (χ0n) is 21.1. The van der Waals surface area contributed by atoms with Gasteiger partial charge in [-0.3, -0.25) is 9.69 Å². The molecule has 4 heterocycles. The van der Waals surface area contributed by atoms with Crippen LogP contribution in [0.3, 0.4) is 0 Å². The van der Waals surface area contributed by atoms with Gasteiger partial charge in [0.1, 0.15) is 17.2 Å². The highest BCUT2D eigenvalue weighted by Gasteiger charge is 2.69. The van der Waals surface area contributed by atoms with E-state index in [4.69, 9.17) is 28.2 Å². The molecule has 4 aliphatic rings. The molecule has 1 aliphatic carbocycles. The highest BCUT2D eigenvalue weighted by Crippen LogP contribution is 2.65. The molecule has 0 unspecified atom stereocenters. The number of aromatic nitrogens is 2. The number of imidazole rings is 1. The van der Waals surface area contributed by atoms with Crippen LogP contribution >= 0.6 is 23.2 Å². The number of rotatable bonds is 4. The monoisotopic (exact) mass is 592 g/mol. The van der Waals surface area contributed by atoms with Gasteiger partial charge in [-0.15, -0.1) is 0 Å². The van der Waals surface area contributed by atoms with Gasteiger partial charge in [0.15, 0.2) is 0 Å². The van der Waals surface area contributed by atoms with Gasteiger partial charge in [0.2, 0.25) is 5.91 Å². The van der Waals surface area contributed by atoms with Crippen LogP contribution in [-0.2, 0) is 16.9 Å². The molecular weight excluding hydrogens is 566 g/mol. The first-order chi connectivity index (χ1) is 19.3. The number of anilines is 1. The summed E-state index contributed by atoms with van der Waals surface area (Å²) in [4.78, 5) is 33.3. The average Bonchev–Trinajstić information content (AvgIpc) is 3.37. The first kappa shape index (κ1) is 26.4. The lowest BCUT2D eigenvalue weighted by Gasteiger charge is -2.40. The van der Waals surface area contributed by atoms with Crippen molar-refractivity contribution in [1.29, 1.82) is 0 Å². The number of halogens is 3. The number of aromatic carboxylic acids is 1.